The van der Waals surface area contributed by atoms with Crippen molar-refractivity contribution in [2.75, 3.05) is 5.32 Å². The summed E-state index contributed by atoms with van der Waals surface area (Å²) in [4.78, 5) is 0. The zero-order valence-corrected chi connectivity index (χ0v) is 13.1. The maximum absolute atomic E-state index is 4.11. The molecule has 1 aliphatic rings. The average molecular weight is 354 g/mol. The van der Waals surface area contributed by atoms with Crippen LogP contribution in [0.4, 0.5) is 5.95 Å². The van der Waals surface area contributed by atoms with E-state index in [4.69, 9.17) is 0 Å². The maximum atomic E-state index is 4.11. The number of anilines is 1. The largest absolute Gasteiger partial charge is 0.323 e. The van der Waals surface area contributed by atoms with Gasteiger partial charge >= 0.3 is 0 Å². The second-order valence-corrected chi connectivity index (χ2v) is 5.93. The highest BCUT2D eigenvalue weighted by Gasteiger charge is 2.24. The van der Waals surface area contributed by atoms with Gasteiger partial charge < -0.3 is 5.32 Å². The van der Waals surface area contributed by atoms with Gasteiger partial charge in [-0.15, -0.1) is 0 Å². The molecule has 0 fully saturated rings. The van der Waals surface area contributed by atoms with Crippen LogP contribution in [0.5, 0.6) is 0 Å². The van der Waals surface area contributed by atoms with Gasteiger partial charge in [0.1, 0.15) is 6.04 Å². The molecule has 2 heterocycles. The summed E-state index contributed by atoms with van der Waals surface area (Å²) in [5.41, 5.74) is 3.24. The lowest BCUT2D eigenvalue weighted by Gasteiger charge is -2.23. The second-order valence-electron chi connectivity index (χ2n) is 5.02. The average Bonchev–Trinajstić information content (AvgIpc) is 3.03. The van der Waals surface area contributed by atoms with Crippen LogP contribution in [0, 0.1) is 0 Å². The molecule has 1 aliphatic heterocycles. The molecule has 0 amide bonds. The molecule has 0 bridgehead atoms. The van der Waals surface area contributed by atoms with Gasteiger partial charge in [-0.1, -0.05) is 63.5 Å². The molecule has 0 saturated heterocycles. The van der Waals surface area contributed by atoms with E-state index >= 15 is 0 Å². The van der Waals surface area contributed by atoms with E-state index in [1.807, 2.05) is 30.3 Å². The number of halogens is 1. The zero-order chi connectivity index (χ0) is 14.9. The fourth-order valence-corrected chi connectivity index (χ4v) is 2.98. The van der Waals surface area contributed by atoms with E-state index in [1.54, 1.807) is 4.68 Å². The van der Waals surface area contributed by atoms with E-state index in [0.717, 1.165) is 21.3 Å². The van der Waals surface area contributed by atoms with Gasteiger partial charge in [0.15, 0.2) is 0 Å². The van der Waals surface area contributed by atoms with Crippen molar-refractivity contribution in [3.05, 3.63) is 76.3 Å². The first-order valence-electron chi connectivity index (χ1n) is 6.89. The molecule has 0 spiro atoms. The van der Waals surface area contributed by atoms with Crippen LogP contribution in [-0.2, 0) is 0 Å². The van der Waals surface area contributed by atoms with Crippen LogP contribution in [0.1, 0.15) is 17.2 Å². The molecule has 0 saturated carbocycles. The Hall–Kier alpha value is -2.47. The van der Waals surface area contributed by atoms with Crippen LogP contribution in [0.25, 0.3) is 5.70 Å². The Bertz CT molecular complexity index is 841. The van der Waals surface area contributed by atoms with Crippen molar-refractivity contribution in [3.8, 4) is 0 Å². The first-order valence-corrected chi connectivity index (χ1v) is 7.68. The van der Waals surface area contributed by atoms with Crippen LogP contribution < -0.4 is 5.32 Å². The highest BCUT2D eigenvalue weighted by molar-refractivity contribution is 9.10. The van der Waals surface area contributed by atoms with Crippen LogP contribution in [0.3, 0.4) is 0 Å². The summed E-state index contributed by atoms with van der Waals surface area (Å²) in [5, 5.41) is 15.2. The van der Waals surface area contributed by atoms with Gasteiger partial charge in [-0.3, -0.25) is 0 Å². The summed E-state index contributed by atoms with van der Waals surface area (Å²) in [6, 6.07) is 18.3. The number of tetrazole rings is 1. The monoisotopic (exact) mass is 353 g/mol. The lowest BCUT2D eigenvalue weighted by atomic mass is 10.0. The number of rotatable bonds is 2. The minimum absolute atomic E-state index is 0.0426. The molecule has 108 valence electrons. The Kier molecular flexibility index (Phi) is 3.23. The molecule has 4 rings (SSSR count). The molecule has 1 N–H and O–H groups in total. The summed E-state index contributed by atoms with van der Waals surface area (Å²) in [5.74, 6) is 0.645. The molecular weight excluding hydrogens is 342 g/mol. The number of hydrogen-bond acceptors (Lipinski definition) is 4. The second kappa shape index (κ2) is 5.38. The Morgan fingerprint density at radius 2 is 1.91 bits per heavy atom. The van der Waals surface area contributed by atoms with E-state index in [0.29, 0.717) is 5.95 Å². The van der Waals surface area contributed by atoms with Crippen LogP contribution in [-0.4, -0.2) is 20.2 Å². The summed E-state index contributed by atoms with van der Waals surface area (Å²) < 4.78 is 2.82. The van der Waals surface area contributed by atoms with E-state index in [9.17, 15) is 0 Å². The van der Waals surface area contributed by atoms with E-state index in [-0.39, 0.29) is 6.04 Å². The summed E-state index contributed by atoms with van der Waals surface area (Å²) in [7, 11) is 0. The molecule has 0 radical (unpaired) electrons. The molecule has 1 atom stereocenters. The quantitative estimate of drug-likeness (QED) is 0.766. The van der Waals surface area contributed by atoms with Gasteiger partial charge in [0.05, 0.1) is 0 Å². The molecule has 1 aromatic heterocycles. The third kappa shape index (κ3) is 2.31. The molecule has 0 aliphatic carbocycles. The Labute approximate surface area is 135 Å². The van der Waals surface area contributed by atoms with Gasteiger partial charge in [-0.25, -0.2) is 0 Å². The first kappa shape index (κ1) is 13.2. The number of allylic oxidation sites excluding steroid dienone is 1. The summed E-state index contributed by atoms with van der Waals surface area (Å²) in [6.07, 6.45) is 2.14. The SMILES string of the molecule is Brc1cccc([C@@H]2C=C(c3ccccc3)Nc3nnnn32)c1. The molecule has 3 aromatic rings. The van der Waals surface area contributed by atoms with E-state index in [2.05, 4.69) is 67.1 Å². The number of hydrogen-bond donors (Lipinski definition) is 1. The minimum atomic E-state index is -0.0426. The molecular formula is C16H12BrN5. The Balaban J connectivity index is 1.83. The molecule has 6 heteroatoms. The fourth-order valence-electron chi connectivity index (χ4n) is 2.57. The van der Waals surface area contributed by atoms with Crippen LogP contribution >= 0.6 is 15.9 Å². The fraction of sp³-hybridized carbons (Fsp3) is 0.0625. The predicted molar refractivity (Wildman–Crippen MR) is 88.1 cm³/mol. The van der Waals surface area contributed by atoms with Crippen LogP contribution in [0.2, 0.25) is 0 Å². The molecule has 22 heavy (non-hydrogen) atoms. The van der Waals surface area contributed by atoms with Crippen LogP contribution in [0.15, 0.2) is 65.1 Å². The highest BCUT2D eigenvalue weighted by atomic mass is 79.9. The van der Waals surface area contributed by atoms with Gasteiger partial charge in [-0.2, -0.15) is 4.68 Å². The number of nitrogens with one attached hydrogen (secondary N) is 1. The third-order valence-electron chi connectivity index (χ3n) is 3.60. The minimum Gasteiger partial charge on any atom is -0.323 e. The predicted octanol–water partition coefficient (Wildman–Crippen LogP) is 3.49. The Morgan fingerprint density at radius 1 is 1.05 bits per heavy atom. The standard InChI is InChI=1S/C16H12BrN5/c17-13-8-4-7-12(9-13)15-10-14(11-5-2-1-3-6-11)18-16-19-20-21-22(15)16/h1-10,15H,(H,18,19,21)/t15-/m0/s1. The molecule has 0 unspecified atom stereocenters. The van der Waals surface area contributed by atoms with Crippen molar-refractivity contribution in [1.82, 2.24) is 20.2 Å². The third-order valence-corrected chi connectivity index (χ3v) is 4.10. The van der Waals surface area contributed by atoms with Crippen molar-refractivity contribution in [2.45, 2.75) is 6.04 Å². The van der Waals surface area contributed by atoms with Gasteiger partial charge in [-0.05, 0) is 39.8 Å². The van der Waals surface area contributed by atoms with E-state index in [1.165, 1.54) is 0 Å². The topological polar surface area (TPSA) is 55.6 Å². The van der Waals surface area contributed by atoms with Crippen molar-refractivity contribution in [3.63, 3.8) is 0 Å². The Morgan fingerprint density at radius 3 is 2.73 bits per heavy atom. The van der Waals surface area contributed by atoms with Crippen molar-refractivity contribution in [1.29, 1.82) is 0 Å². The number of nitrogens with zero attached hydrogens (tertiary/aromatic N) is 4. The smallest absolute Gasteiger partial charge is 0.248 e. The zero-order valence-electron chi connectivity index (χ0n) is 11.5. The normalized spacial score (nSPS) is 16.6. The summed E-state index contributed by atoms with van der Waals surface area (Å²) >= 11 is 3.52. The van der Waals surface area contributed by atoms with Gasteiger partial charge in [0, 0.05) is 10.2 Å². The van der Waals surface area contributed by atoms with Crippen molar-refractivity contribution in [2.24, 2.45) is 0 Å². The lowest BCUT2D eigenvalue weighted by Crippen LogP contribution is -2.20. The first-order chi connectivity index (χ1) is 10.8. The van der Waals surface area contributed by atoms with E-state index < -0.39 is 0 Å². The maximum Gasteiger partial charge on any atom is 0.248 e. The molecule has 5 nitrogen and oxygen atoms in total. The summed E-state index contributed by atoms with van der Waals surface area (Å²) in [6.45, 7) is 0. The van der Waals surface area contributed by atoms with Gasteiger partial charge in [0.25, 0.3) is 0 Å². The van der Waals surface area contributed by atoms with Gasteiger partial charge in [0.2, 0.25) is 5.95 Å². The highest BCUT2D eigenvalue weighted by Crippen LogP contribution is 2.32. The number of fused-ring (bicyclic) bond motifs is 1. The molecule has 2 aromatic carbocycles. The van der Waals surface area contributed by atoms with Crippen molar-refractivity contribution >= 4 is 27.6 Å². The number of aromatic nitrogens is 4. The van der Waals surface area contributed by atoms with Crippen molar-refractivity contribution < 1.29 is 0 Å². The number of benzene rings is 2. The lowest BCUT2D eigenvalue weighted by molar-refractivity contribution is 0.585.